The summed E-state index contributed by atoms with van der Waals surface area (Å²) < 4.78 is 5.62. The summed E-state index contributed by atoms with van der Waals surface area (Å²) in [6.45, 7) is 7.55. The van der Waals surface area contributed by atoms with Gasteiger partial charge in [0.25, 0.3) is 5.91 Å². The number of nitrogens with one attached hydrogen (secondary N) is 1. The number of hydrogen-bond acceptors (Lipinski definition) is 5. The van der Waals surface area contributed by atoms with Crippen LogP contribution in [0, 0.1) is 27.7 Å². The van der Waals surface area contributed by atoms with Crippen LogP contribution in [0.25, 0.3) is 10.8 Å². The van der Waals surface area contributed by atoms with Crippen molar-refractivity contribution in [2.75, 3.05) is 18.9 Å². The standard InChI is InChI=1S/C21H23N3O3S/c1-12-9-13(2)18(14(3)10-12)22-17(25)11-24(5)21(26)19-15(4)27-20(23-19)16-7-6-8-28-16/h6-10H,11H2,1-5H3,(H,22,25). The van der Waals surface area contributed by atoms with Crippen LogP contribution in [-0.4, -0.2) is 35.3 Å². The lowest BCUT2D eigenvalue weighted by Crippen LogP contribution is -2.35. The molecule has 0 saturated heterocycles. The molecule has 0 spiro atoms. The first-order valence-electron chi connectivity index (χ1n) is 8.90. The Labute approximate surface area is 168 Å². The van der Waals surface area contributed by atoms with E-state index in [9.17, 15) is 9.59 Å². The van der Waals surface area contributed by atoms with Gasteiger partial charge in [0.15, 0.2) is 5.69 Å². The van der Waals surface area contributed by atoms with Crippen LogP contribution in [0.2, 0.25) is 0 Å². The SMILES string of the molecule is Cc1cc(C)c(NC(=O)CN(C)C(=O)c2nc(-c3cccs3)oc2C)c(C)c1. The summed E-state index contributed by atoms with van der Waals surface area (Å²) in [4.78, 5) is 31.7. The molecule has 0 saturated carbocycles. The fourth-order valence-electron chi connectivity index (χ4n) is 3.12. The number of rotatable bonds is 5. The number of oxazole rings is 1. The molecule has 28 heavy (non-hydrogen) atoms. The molecular formula is C21H23N3O3S. The van der Waals surface area contributed by atoms with E-state index in [-0.39, 0.29) is 24.1 Å². The topological polar surface area (TPSA) is 75.4 Å². The molecule has 0 radical (unpaired) electrons. The van der Waals surface area contributed by atoms with Gasteiger partial charge in [-0.1, -0.05) is 23.8 Å². The summed E-state index contributed by atoms with van der Waals surface area (Å²) in [5.74, 6) is 0.243. The Bertz CT molecular complexity index is 999. The monoisotopic (exact) mass is 397 g/mol. The predicted molar refractivity (Wildman–Crippen MR) is 111 cm³/mol. The van der Waals surface area contributed by atoms with Crippen LogP contribution in [0.15, 0.2) is 34.1 Å². The summed E-state index contributed by atoms with van der Waals surface area (Å²) in [5, 5.41) is 4.83. The van der Waals surface area contributed by atoms with Gasteiger partial charge < -0.3 is 14.6 Å². The van der Waals surface area contributed by atoms with E-state index >= 15 is 0 Å². The van der Waals surface area contributed by atoms with E-state index in [0.29, 0.717) is 11.7 Å². The highest BCUT2D eigenvalue weighted by Gasteiger charge is 2.23. The number of carbonyl (C=O) groups is 2. The Kier molecular flexibility index (Phi) is 5.65. The smallest absolute Gasteiger partial charge is 0.276 e. The number of aromatic nitrogens is 1. The number of benzene rings is 1. The molecule has 6 nitrogen and oxygen atoms in total. The Morgan fingerprint density at radius 2 is 1.86 bits per heavy atom. The van der Waals surface area contributed by atoms with Crippen LogP contribution >= 0.6 is 11.3 Å². The molecule has 0 bridgehead atoms. The molecule has 2 heterocycles. The van der Waals surface area contributed by atoms with Crippen LogP contribution in [0.5, 0.6) is 0 Å². The summed E-state index contributed by atoms with van der Waals surface area (Å²) in [6, 6.07) is 7.81. The minimum absolute atomic E-state index is 0.0772. The van der Waals surface area contributed by atoms with Crippen LogP contribution in [0.4, 0.5) is 5.69 Å². The lowest BCUT2D eigenvalue weighted by atomic mass is 10.1. The van der Waals surface area contributed by atoms with Crippen molar-refractivity contribution in [1.29, 1.82) is 0 Å². The zero-order chi connectivity index (χ0) is 20.4. The molecule has 2 aromatic heterocycles. The quantitative estimate of drug-likeness (QED) is 0.695. The van der Waals surface area contributed by atoms with Crippen LogP contribution in [0.1, 0.15) is 32.9 Å². The van der Waals surface area contributed by atoms with Crippen molar-refractivity contribution in [3.8, 4) is 10.8 Å². The Hall–Kier alpha value is -2.93. The zero-order valence-electron chi connectivity index (χ0n) is 16.6. The average Bonchev–Trinajstić information content (AvgIpc) is 3.26. The summed E-state index contributed by atoms with van der Waals surface area (Å²) in [7, 11) is 1.58. The van der Waals surface area contributed by atoms with Crippen molar-refractivity contribution < 1.29 is 14.0 Å². The molecular weight excluding hydrogens is 374 g/mol. The number of amides is 2. The molecule has 146 valence electrons. The zero-order valence-corrected chi connectivity index (χ0v) is 17.4. The Morgan fingerprint density at radius 3 is 2.46 bits per heavy atom. The Balaban J connectivity index is 1.70. The number of anilines is 1. The molecule has 2 amide bonds. The third kappa shape index (κ3) is 4.14. The molecule has 0 aliphatic rings. The Morgan fingerprint density at radius 1 is 1.18 bits per heavy atom. The van der Waals surface area contributed by atoms with Gasteiger partial charge in [0.05, 0.1) is 11.4 Å². The highest BCUT2D eigenvalue weighted by molar-refractivity contribution is 7.13. The van der Waals surface area contributed by atoms with Crippen LogP contribution in [0.3, 0.4) is 0 Å². The van der Waals surface area contributed by atoms with Gasteiger partial charge in [-0.25, -0.2) is 4.98 Å². The molecule has 0 fully saturated rings. The van der Waals surface area contributed by atoms with Gasteiger partial charge in [0, 0.05) is 12.7 Å². The largest absolute Gasteiger partial charge is 0.440 e. The van der Waals surface area contributed by atoms with Gasteiger partial charge >= 0.3 is 0 Å². The molecule has 0 aliphatic carbocycles. The number of thiophene rings is 1. The maximum absolute atomic E-state index is 12.7. The lowest BCUT2D eigenvalue weighted by Gasteiger charge is -2.17. The van der Waals surface area contributed by atoms with E-state index in [1.54, 1.807) is 14.0 Å². The average molecular weight is 398 g/mol. The molecule has 0 aliphatic heterocycles. The van der Waals surface area contributed by atoms with Crippen molar-refractivity contribution in [2.45, 2.75) is 27.7 Å². The summed E-state index contributed by atoms with van der Waals surface area (Å²) >= 11 is 1.49. The normalized spacial score (nSPS) is 10.8. The van der Waals surface area contributed by atoms with Gasteiger partial charge in [-0.2, -0.15) is 0 Å². The summed E-state index contributed by atoms with van der Waals surface area (Å²) in [6.07, 6.45) is 0. The first kappa shape index (κ1) is 19.8. The molecule has 3 rings (SSSR count). The van der Waals surface area contributed by atoms with E-state index in [1.165, 1.54) is 16.2 Å². The molecule has 7 heteroatoms. The third-order valence-electron chi connectivity index (χ3n) is 4.40. The second kappa shape index (κ2) is 7.98. The first-order chi connectivity index (χ1) is 13.3. The molecule has 1 aromatic carbocycles. The van der Waals surface area contributed by atoms with Crippen molar-refractivity contribution in [3.63, 3.8) is 0 Å². The third-order valence-corrected chi connectivity index (χ3v) is 5.26. The van der Waals surface area contributed by atoms with Gasteiger partial charge in [0.1, 0.15) is 5.76 Å². The fourth-order valence-corrected chi connectivity index (χ4v) is 3.77. The van der Waals surface area contributed by atoms with Gasteiger partial charge in [-0.3, -0.25) is 9.59 Å². The number of aryl methyl sites for hydroxylation is 4. The fraction of sp³-hybridized carbons (Fsp3) is 0.286. The number of hydrogen-bond donors (Lipinski definition) is 1. The van der Waals surface area contributed by atoms with Crippen molar-refractivity contribution >= 4 is 28.8 Å². The van der Waals surface area contributed by atoms with E-state index in [2.05, 4.69) is 10.3 Å². The van der Waals surface area contributed by atoms with E-state index in [4.69, 9.17) is 4.42 Å². The minimum atomic E-state index is -0.350. The van der Waals surface area contributed by atoms with Crippen molar-refractivity contribution in [3.05, 3.63) is 57.8 Å². The van der Waals surface area contributed by atoms with E-state index in [0.717, 1.165) is 27.3 Å². The first-order valence-corrected chi connectivity index (χ1v) is 9.78. The number of likely N-dealkylation sites (N-methyl/N-ethyl adjacent to an activating group) is 1. The van der Waals surface area contributed by atoms with Gasteiger partial charge in [-0.15, -0.1) is 11.3 Å². The molecule has 0 atom stereocenters. The second-order valence-corrected chi connectivity index (χ2v) is 7.83. The minimum Gasteiger partial charge on any atom is -0.440 e. The van der Waals surface area contributed by atoms with Crippen molar-refractivity contribution in [1.82, 2.24) is 9.88 Å². The second-order valence-electron chi connectivity index (χ2n) is 6.88. The highest BCUT2D eigenvalue weighted by atomic mass is 32.1. The maximum Gasteiger partial charge on any atom is 0.276 e. The number of carbonyl (C=O) groups excluding carboxylic acids is 2. The molecule has 1 N–H and O–H groups in total. The van der Waals surface area contributed by atoms with Gasteiger partial charge in [-0.05, 0) is 50.3 Å². The van der Waals surface area contributed by atoms with Crippen molar-refractivity contribution in [2.24, 2.45) is 0 Å². The number of nitrogens with zero attached hydrogens (tertiary/aromatic N) is 2. The van der Waals surface area contributed by atoms with Crippen LogP contribution < -0.4 is 5.32 Å². The maximum atomic E-state index is 12.7. The lowest BCUT2D eigenvalue weighted by molar-refractivity contribution is -0.116. The van der Waals surface area contributed by atoms with Crippen LogP contribution in [-0.2, 0) is 4.79 Å². The van der Waals surface area contributed by atoms with E-state index < -0.39 is 0 Å². The predicted octanol–water partition coefficient (Wildman–Crippen LogP) is 4.35. The summed E-state index contributed by atoms with van der Waals surface area (Å²) in [5.41, 5.74) is 4.14. The highest BCUT2D eigenvalue weighted by Crippen LogP contribution is 2.26. The van der Waals surface area contributed by atoms with Gasteiger partial charge in [0.2, 0.25) is 11.8 Å². The molecule has 3 aromatic rings. The van der Waals surface area contributed by atoms with E-state index in [1.807, 2.05) is 50.4 Å². The molecule has 0 unspecified atom stereocenters.